The van der Waals surface area contributed by atoms with E-state index in [1.807, 2.05) is 29.2 Å². The van der Waals surface area contributed by atoms with Gasteiger partial charge in [0.25, 0.3) is 5.91 Å². The quantitative estimate of drug-likeness (QED) is 0.847. The largest absolute Gasteiger partial charge is 0.459 e. The molecule has 130 valence electrons. The van der Waals surface area contributed by atoms with E-state index in [1.54, 1.807) is 17.0 Å². The third kappa shape index (κ3) is 3.16. The molecule has 2 amide bonds. The minimum atomic E-state index is -0.113. The summed E-state index contributed by atoms with van der Waals surface area (Å²) in [7, 11) is 0. The number of halogens is 1. The molecule has 2 fully saturated rings. The molecular formula is C19H19ClN2O3. The van der Waals surface area contributed by atoms with E-state index in [1.165, 1.54) is 6.26 Å². The first-order valence-corrected chi connectivity index (χ1v) is 8.89. The lowest BCUT2D eigenvalue weighted by atomic mass is 10.1. The van der Waals surface area contributed by atoms with Crippen LogP contribution in [0, 0.1) is 5.92 Å². The predicted molar refractivity (Wildman–Crippen MR) is 93.5 cm³/mol. The fourth-order valence-corrected chi connectivity index (χ4v) is 3.78. The molecule has 4 rings (SSSR count). The van der Waals surface area contributed by atoms with Gasteiger partial charge in [-0.3, -0.25) is 9.59 Å². The van der Waals surface area contributed by atoms with Gasteiger partial charge >= 0.3 is 0 Å². The van der Waals surface area contributed by atoms with Crippen molar-refractivity contribution in [2.45, 2.75) is 12.3 Å². The summed E-state index contributed by atoms with van der Waals surface area (Å²) in [6.07, 6.45) is 2.35. The van der Waals surface area contributed by atoms with Gasteiger partial charge in [0, 0.05) is 37.1 Å². The average Bonchev–Trinajstić information content (AvgIpc) is 3.24. The van der Waals surface area contributed by atoms with Gasteiger partial charge in [-0.15, -0.1) is 0 Å². The van der Waals surface area contributed by atoms with Crippen molar-refractivity contribution in [2.75, 3.05) is 26.2 Å². The van der Waals surface area contributed by atoms with Crippen molar-refractivity contribution in [2.24, 2.45) is 5.92 Å². The summed E-state index contributed by atoms with van der Waals surface area (Å²) in [6, 6.07) is 11.1. The van der Waals surface area contributed by atoms with E-state index in [0.29, 0.717) is 31.9 Å². The summed E-state index contributed by atoms with van der Waals surface area (Å²) in [5, 5.41) is 0.733. The summed E-state index contributed by atoms with van der Waals surface area (Å²) < 4.78 is 5.16. The van der Waals surface area contributed by atoms with Crippen LogP contribution in [-0.2, 0) is 4.79 Å². The molecule has 2 aliphatic rings. The Labute approximate surface area is 151 Å². The van der Waals surface area contributed by atoms with Crippen LogP contribution in [0.5, 0.6) is 0 Å². The van der Waals surface area contributed by atoms with Crippen LogP contribution < -0.4 is 0 Å². The van der Waals surface area contributed by atoms with Gasteiger partial charge < -0.3 is 14.2 Å². The second kappa shape index (κ2) is 6.56. The third-order valence-electron chi connectivity index (χ3n) is 5.02. The van der Waals surface area contributed by atoms with Crippen molar-refractivity contribution in [3.8, 4) is 0 Å². The molecule has 1 aliphatic carbocycles. The fraction of sp³-hybridized carbons (Fsp3) is 0.368. The van der Waals surface area contributed by atoms with E-state index in [9.17, 15) is 9.59 Å². The highest BCUT2D eigenvalue weighted by molar-refractivity contribution is 6.31. The molecule has 0 bridgehead atoms. The van der Waals surface area contributed by atoms with Crippen molar-refractivity contribution >= 4 is 23.4 Å². The average molecular weight is 359 g/mol. The third-order valence-corrected chi connectivity index (χ3v) is 5.37. The number of nitrogens with zero attached hydrogens (tertiary/aromatic N) is 2. The monoisotopic (exact) mass is 358 g/mol. The minimum Gasteiger partial charge on any atom is -0.459 e. The van der Waals surface area contributed by atoms with Crippen LogP contribution in [0.4, 0.5) is 0 Å². The van der Waals surface area contributed by atoms with Gasteiger partial charge in [-0.2, -0.15) is 0 Å². The van der Waals surface area contributed by atoms with Crippen LogP contribution in [0.25, 0.3) is 0 Å². The topological polar surface area (TPSA) is 53.8 Å². The number of furan rings is 1. The molecule has 2 heterocycles. The van der Waals surface area contributed by atoms with Crippen molar-refractivity contribution in [3.63, 3.8) is 0 Å². The molecule has 1 aromatic carbocycles. The number of carbonyl (C=O) groups is 2. The van der Waals surface area contributed by atoms with E-state index < -0.39 is 0 Å². The normalized spacial score (nSPS) is 22.8. The van der Waals surface area contributed by atoms with Crippen molar-refractivity contribution < 1.29 is 14.0 Å². The van der Waals surface area contributed by atoms with Crippen molar-refractivity contribution in [3.05, 3.63) is 59.0 Å². The number of rotatable bonds is 3. The lowest BCUT2D eigenvalue weighted by Gasteiger charge is -2.34. The lowest BCUT2D eigenvalue weighted by Crippen LogP contribution is -2.51. The van der Waals surface area contributed by atoms with Crippen LogP contribution in [0.1, 0.15) is 28.5 Å². The number of hydrogen-bond donors (Lipinski definition) is 0. The van der Waals surface area contributed by atoms with E-state index in [4.69, 9.17) is 16.0 Å². The molecule has 2 aromatic rings. The van der Waals surface area contributed by atoms with Gasteiger partial charge in [-0.05, 0) is 36.1 Å². The molecule has 0 radical (unpaired) electrons. The van der Waals surface area contributed by atoms with Gasteiger partial charge in [0.1, 0.15) is 0 Å². The van der Waals surface area contributed by atoms with E-state index in [-0.39, 0.29) is 23.7 Å². The fourth-order valence-electron chi connectivity index (χ4n) is 3.51. The Morgan fingerprint density at radius 1 is 1.00 bits per heavy atom. The van der Waals surface area contributed by atoms with Crippen molar-refractivity contribution in [1.82, 2.24) is 9.80 Å². The molecule has 1 saturated carbocycles. The molecule has 1 saturated heterocycles. The first-order valence-electron chi connectivity index (χ1n) is 8.51. The predicted octanol–water partition coefficient (Wildman–Crippen LogP) is 3.02. The minimum absolute atomic E-state index is 0.0206. The Kier molecular flexibility index (Phi) is 4.25. The Morgan fingerprint density at radius 2 is 1.72 bits per heavy atom. The maximum absolute atomic E-state index is 12.7. The standard InChI is InChI=1S/C19H19ClN2O3/c20-16-5-2-1-4-13(16)14-12-15(14)18(23)21-7-9-22(10-8-21)19(24)17-6-3-11-25-17/h1-6,11,14-15H,7-10,12H2. The second-order valence-corrected chi connectivity index (χ2v) is 6.97. The SMILES string of the molecule is O=C(c1ccco1)N1CCN(C(=O)C2CC2c2ccccc2Cl)CC1. The number of piperazine rings is 1. The Bertz CT molecular complexity index is 782. The molecule has 5 nitrogen and oxygen atoms in total. The van der Waals surface area contributed by atoms with Gasteiger partial charge in [0.05, 0.1) is 6.26 Å². The number of carbonyl (C=O) groups excluding carboxylic acids is 2. The van der Waals surface area contributed by atoms with Crippen molar-refractivity contribution in [1.29, 1.82) is 0 Å². The van der Waals surface area contributed by atoms with Gasteiger partial charge in [-0.1, -0.05) is 29.8 Å². The van der Waals surface area contributed by atoms with E-state index in [2.05, 4.69) is 0 Å². The van der Waals surface area contributed by atoms with Crippen LogP contribution >= 0.6 is 11.6 Å². The smallest absolute Gasteiger partial charge is 0.289 e. The molecule has 0 N–H and O–H groups in total. The molecule has 0 spiro atoms. The summed E-state index contributed by atoms with van der Waals surface area (Å²) >= 11 is 6.24. The van der Waals surface area contributed by atoms with Crippen LogP contribution in [0.15, 0.2) is 47.1 Å². The Hall–Kier alpha value is -2.27. The zero-order chi connectivity index (χ0) is 17.4. The highest BCUT2D eigenvalue weighted by Crippen LogP contribution is 2.50. The first-order chi connectivity index (χ1) is 12.1. The molecular weight excluding hydrogens is 340 g/mol. The molecule has 2 unspecified atom stereocenters. The van der Waals surface area contributed by atoms with Gasteiger partial charge in [0.15, 0.2) is 5.76 Å². The molecule has 25 heavy (non-hydrogen) atoms. The molecule has 1 aliphatic heterocycles. The maximum Gasteiger partial charge on any atom is 0.289 e. The first kappa shape index (κ1) is 16.2. The van der Waals surface area contributed by atoms with Crippen LogP contribution in [0.2, 0.25) is 5.02 Å². The lowest BCUT2D eigenvalue weighted by molar-refractivity contribution is -0.134. The van der Waals surface area contributed by atoms with E-state index in [0.717, 1.165) is 17.0 Å². The number of amides is 2. The Balaban J connectivity index is 1.33. The summed E-state index contributed by atoms with van der Waals surface area (Å²) in [4.78, 5) is 28.6. The van der Waals surface area contributed by atoms with Gasteiger partial charge in [-0.25, -0.2) is 0 Å². The summed E-state index contributed by atoms with van der Waals surface area (Å²) in [5.74, 6) is 0.657. The van der Waals surface area contributed by atoms with Crippen LogP contribution in [-0.4, -0.2) is 47.8 Å². The Morgan fingerprint density at radius 3 is 2.40 bits per heavy atom. The van der Waals surface area contributed by atoms with E-state index >= 15 is 0 Å². The molecule has 1 aromatic heterocycles. The second-order valence-electron chi connectivity index (χ2n) is 6.56. The van der Waals surface area contributed by atoms with Gasteiger partial charge in [0.2, 0.25) is 5.91 Å². The number of hydrogen-bond acceptors (Lipinski definition) is 3. The highest BCUT2D eigenvalue weighted by atomic mass is 35.5. The zero-order valence-electron chi connectivity index (χ0n) is 13.7. The summed E-state index contributed by atoms with van der Waals surface area (Å²) in [5.41, 5.74) is 1.06. The maximum atomic E-state index is 12.7. The number of benzene rings is 1. The molecule has 2 atom stereocenters. The van der Waals surface area contributed by atoms with Crippen LogP contribution in [0.3, 0.4) is 0 Å². The zero-order valence-corrected chi connectivity index (χ0v) is 14.5. The highest BCUT2D eigenvalue weighted by Gasteiger charge is 2.47. The molecule has 6 heteroatoms. The summed E-state index contributed by atoms with van der Waals surface area (Å²) in [6.45, 7) is 2.21.